The first-order valence-electron chi connectivity index (χ1n) is 7.16. The second-order valence-corrected chi connectivity index (χ2v) is 7.33. The summed E-state index contributed by atoms with van der Waals surface area (Å²) in [6, 6.07) is 15.8. The van der Waals surface area contributed by atoms with Gasteiger partial charge in [-0.2, -0.15) is 0 Å². The molecule has 118 valence electrons. The van der Waals surface area contributed by atoms with Gasteiger partial charge in [-0.1, -0.05) is 71.7 Å². The Labute approximate surface area is 145 Å². The van der Waals surface area contributed by atoms with Crippen molar-refractivity contribution in [3.63, 3.8) is 0 Å². The largest absolute Gasteiger partial charge is 0.491 e. The van der Waals surface area contributed by atoms with E-state index in [4.69, 9.17) is 21.1 Å². The van der Waals surface area contributed by atoms with Gasteiger partial charge in [0.1, 0.15) is 5.75 Å². The molecule has 0 saturated heterocycles. The number of hydrogen-bond donors (Lipinski definition) is 0. The van der Waals surface area contributed by atoms with Gasteiger partial charge in [-0.25, -0.2) is 0 Å². The van der Waals surface area contributed by atoms with Crippen LogP contribution in [0.1, 0.15) is 19.4 Å². The molecule has 22 heavy (non-hydrogen) atoms. The van der Waals surface area contributed by atoms with E-state index in [0.717, 1.165) is 4.47 Å². The van der Waals surface area contributed by atoms with E-state index in [-0.39, 0.29) is 5.41 Å². The van der Waals surface area contributed by atoms with Crippen LogP contribution in [0.3, 0.4) is 0 Å². The van der Waals surface area contributed by atoms with Gasteiger partial charge in [0.25, 0.3) is 0 Å². The van der Waals surface area contributed by atoms with Gasteiger partial charge in [0.15, 0.2) is 0 Å². The van der Waals surface area contributed by atoms with Gasteiger partial charge < -0.3 is 9.47 Å². The monoisotopic (exact) mass is 382 g/mol. The molecule has 4 heteroatoms. The zero-order chi connectivity index (χ0) is 16.0. The molecule has 0 atom stereocenters. The maximum absolute atomic E-state index is 6.16. The molecule has 0 heterocycles. The van der Waals surface area contributed by atoms with E-state index in [0.29, 0.717) is 30.6 Å². The highest BCUT2D eigenvalue weighted by Crippen LogP contribution is 2.29. The summed E-state index contributed by atoms with van der Waals surface area (Å²) < 4.78 is 12.6. The molecule has 0 N–H and O–H groups in total. The van der Waals surface area contributed by atoms with Crippen LogP contribution in [0.15, 0.2) is 53.0 Å². The van der Waals surface area contributed by atoms with Crippen molar-refractivity contribution in [2.24, 2.45) is 5.41 Å². The van der Waals surface area contributed by atoms with Crippen molar-refractivity contribution >= 4 is 27.5 Å². The average Bonchev–Trinajstić information content (AvgIpc) is 2.47. The van der Waals surface area contributed by atoms with Crippen LogP contribution in [0.4, 0.5) is 0 Å². The van der Waals surface area contributed by atoms with Crippen LogP contribution < -0.4 is 4.74 Å². The van der Waals surface area contributed by atoms with E-state index in [1.165, 1.54) is 5.56 Å². The van der Waals surface area contributed by atoms with E-state index >= 15 is 0 Å². The molecular weight excluding hydrogens is 364 g/mol. The van der Waals surface area contributed by atoms with Crippen LogP contribution in [0.2, 0.25) is 5.02 Å². The molecule has 2 aromatic rings. The van der Waals surface area contributed by atoms with E-state index in [1.807, 2.05) is 36.4 Å². The molecular formula is C18H20BrClO2. The molecule has 0 aliphatic carbocycles. The zero-order valence-corrected chi connectivity index (χ0v) is 15.2. The second kappa shape index (κ2) is 8.00. The van der Waals surface area contributed by atoms with Crippen LogP contribution in [0, 0.1) is 5.41 Å². The normalized spacial score (nSPS) is 11.5. The maximum Gasteiger partial charge on any atom is 0.137 e. The van der Waals surface area contributed by atoms with Crippen LogP contribution in [-0.2, 0) is 11.3 Å². The number of benzene rings is 2. The Morgan fingerprint density at radius 3 is 2.45 bits per heavy atom. The zero-order valence-electron chi connectivity index (χ0n) is 12.8. The van der Waals surface area contributed by atoms with E-state index in [2.05, 4.69) is 41.9 Å². The van der Waals surface area contributed by atoms with Crippen LogP contribution in [0.25, 0.3) is 0 Å². The van der Waals surface area contributed by atoms with Crippen molar-refractivity contribution in [2.45, 2.75) is 20.5 Å². The third kappa shape index (κ3) is 5.64. The fourth-order valence-electron chi connectivity index (χ4n) is 1.93. The standard InChI is InChI=1S/C18H20BrClO2/c1-18(2,12-21-11-14-6-4-3-5-7-14)13-22-17-9-8-15(19)10-16(17)20/h3-10H,11-13H2,1-2H3. The minimum atomic E-state index is -0.0921. The minimum Gasteiger partial charge on any atom is -0.491 e. The third-order valence-corrected chi connectivity index (χ3v) is 3.91. The first kappa shape index (κ1) is 17.3. The molecule has 0 saturated carbocycles. The summed E-state index contributed by atoms with van der Waals surface area (Å²) in [5.41, 5.74) is 1.08. The Bertz CT molecular complexity index is 599. The van der Waals surface area contributed by atoms with Gasteiger partial charge in [0.05, 0.1) is 24.8 Å². The molecule has 0 unspecified atom stereocenters. The number of ether oxygens (including phenoxy) is 2. The highest BCUT2D eigenvalue weighted by molar-refractivity contribution is 9.10. The first-order valence-corrected chi connectivity index (χ1v) is 8.33. The topological polar surface area (TPSA) is 18.5 Å². The first-order chi connectivity index (χ1) is 10.5. The molecule has 0 spiro atoms. The lowest BCUT2D eigenvalue weighted by molar-refractivity contribution is 0.0259. The summed E-state index contributed by atoms with van der Waals surface area (Å²) >= 11 is 9.54. The van der Waals surface area contributed by atoms with E-state index in [1.54, 1.807) is 0 Å². The summed E-state index contributed by atoms with van der Waals surface area (Å²) in [7, 11) is 0. The highest BCUT2D eigenvalue weighted by Gasteiger charge is 2.20. The predicted molar refractivity (Wildman–Crippen MR) is 94.5 cm³/mol. The predicted octanol–water partition coefficient (Wildman–Crippen LogP) is 5.72. The van der Waals surface area contributed by atoms with Crippen LogP contribution in [0.5, 0.6) is 5.75 Å². The summed E-state index contributed by atoms with van der Waals surface area (Å²) in [5, 5.41) is 0.607. The Kier molecular flexibility index (Phi) is 6.30. The Balaban J connectivity index is 1.80. The molecule has 2 aromatic carbocycles. The van der Waals surface area contributed by atoms with Gasteiger partial charge in [-0.3, -0.25) is 0 Å². The third-order valence-electron chi connectivity index (χ3n) is 3.12. The lowest BCUT2D eigenvalue weighted by atomic mass is 9.96. The smallest absolute Gasteiger partial charge is 0.137 e. The van der Waals surface area contributed by atoms with Gasteiger partial charge in [-0.15, -0.1) is 0 Å². The Morgan fingerprint density at radius 1 is 1.05 bits per heavy atom. The lowest BCUT2D eigenvalue weighted by Crippen LogP contribution is -2.27. The van der Waals surface area contributed by atoms with Gasteiger partial charge in [0.2, 0.25) is 0 Å². The SMILES string of the molecule is CC(C)(COCc1ccccc1)COc1ccc(Br)cc1Cl. The molecule has 0 aromatic heterocycles. The molecule has 0 aliphatic rings. The molecule has 0 radical (unpaired) electrons. The summed E-state index contributed by atoms with van der Waals surface area (Å²) in [6.45, 7) is 6.01. The Hall–Kier alpha value is -1.03. The number of hydrogen-bond acceptors (Lipinski definition) is 2. The van der Waals surface area contributed by atoms with Crippen molar-refractivity contribution in [1.82, 2.24) is 0 Å². The summed E-state index contributed by atoms with van der Waals surface area (Å²) in [5.74, 6) is 0.695. The van der Waals surface area contributed by atoms with Crippen molar-refractivity contribution in [3.05, 3.63) is 63.6 Å². The molecule has 2 rings (SSSR count). The molecule has 0 amide bonds. The van der Waals surface area contributed by atoms with E-state index < -0.39 is 0 Å². The molecule has 0 fully saturated rings. The second-order valence-electron chi connectivity index (χ2n) is 6.01. The molecule has 0 aliphatic heterocycles. The van der Waals surface area contributed by atoms with Crippen molar-refractivity contribution in [1.29, 1.82) is 0 Å². The summed E-state index contributed by atoms with van der Waals surface area (Å²) in [4.78, 5) is 0. The molecule has 2 nitrogen and oxygen atoms in total. The minimum absolute atomic E-state index is 0.0921. The van der Waals surface area contributed by atoms with Crippen LogP contribution in [-0.4, -0.2) is 13.2 Å². The lowest BCUT2D eigenvalue weighted by Gasteiger charge is -2.25. The fraction of sp³-hybridized carbons (Fsp3) is 0.333. The van der Waals surface area contributed by atoms with Gasteiger partial charge >= 0.3 is 0 Å². The quantitative estimate of drug-likeness (QED) is 0.608. The number of rotatable bonds is 7. The molecule has 0 bridgehead atoms. The van der Waals surface area contributed by atoms with E-state index in [9.17, 15) is 0 Å². The number of halogens is 2. The van der Waals surface area contributed by atoms with Gasteiger partial charge in [0, 0.05) is 9.89 Å². The van der Waals surface area contributed by atoms with Crippen molar-refractivity contribution in [3.8, 4) is 5.75 Å². The van der Waals surface area contributed by atoms with Crippen molar-refractivity contribution < 1.29 is 9.47 Å². The highest BCUT2D eigenvalue weighted by atomic mass is 79.9. The maximum atomic E-state index is 6.16. The summed E-state index contributed by atoms with van der Waals surface area (Å²) in [6.07, 6.45) is 0. The van der Waals surface area contributed by atoms with Crippen LogP contribution >= 0.6 is 27.5 Å². The van der Waals surface area contributed by atoms with Gasteiger partial charge in [-0.05, 0) is 23.8 Å². The van der Waals surface area contributed by atoms with Crippen molar-refractivity contribution in [2.75, 3.05) is 13.2 Å². The average molecular weight is 384 g/mol. The Morgan fingerprint density at radius 2 is 1.77 bits per heavy atom. The fourth-order valence-corrected chi connectivity index (χ4v) is 2.65.